The maximum absolute atomic E-state index is 10.3. The number of aliphatic carboxylic acids is 1. The average Bonchev–Trinajstić information content (AvgIpc) is 2.22. The van der Waals surface area contributed by atoms with E-state index >= 15 is 0 Å². The zero-order valence-corrected chi connectivity index (χ0v) is 10.3. The zero-order valence-electron chi connectivity index (χ0n) is 9.48. The number of hydrogen-bond acceptors (Lipinski definition) is 3. The van der Waals surface area contributed by atoms with Crippen molar-refractivity contribution in [3.63, 3.8) is 0 Å². The van der Waals surface area contributed by atoms with Crippen LogP contribution in [0.25, 0.3) is 0 Å². The highest BCUT2D eigenvalue weighted by atomic mass is 32.2. The molecule has 0 aliphatic carbocycles. The van der Waals surface area contributed by atoms with Gasteiger partial charge in [0.05, 0.1) is 7.11 Å². The van der Waals surface area contributed by atoms with E-state index in [1.54, 1.807) is 12.5 Å². The highest BCUT2D eigenvalue weighted by Crippen LogP contribution is 2.29. The van der Waals surface area contributed by atoms with Crippen LogP contribution >= 0.6 is 11.8 Å². The fourth-order valence-electron chi connectivity index (χ4n) is 1.28. The Morgan fingerprint density at radius 1 is 1.38 bits per heavy atom. The molecule has 0 heterocycles. The minimum Gasteiger partial charge on any atom is -0.496 e. The van der Waals surface area contributed by atoms with Crippen molar-refractivity contribution >= 4 is 17.7 Å². The molecule has 16 heavy (non-hydrogen) atoms. The molecule has 0 unspecified atom stereocenters. The van der Waals surface area contributed by atoms with Gasteiger partial charge >= 0.3 is 5.97 Å². The van der Waals surface area contributed by atoms with E-state index in [4.69, 9.17) is 9.84 Å². The zero-order chi connectivity index (χ0) is 12.1. The molecule has 1 aromatic carbocycles. The number of benzene rings is 1. The molecule has 3 nitrogen and oxygen atoms in total. The largest absolute Gasteiger partial charge is 0.496 e. The van der Waals surface area contributed by atoms with Gasteiger partial charge in [0.25, 0.3) is 0 Å². The molecule has 0 aromatic heterocycles. The van der Waals surface area contributed by atoms with Crippen molar-refractivity contribution in [3.8, 4) is 5.75 Å². The summed E-state index contributed by atoms with van der Waals surface area (Å²) in [7, 11) is 1.64. The van der Waals surface area contributed by atoms with Gasteiger partial charge in [0.1, 0.15) is 5.75 Å². The second-order valence-electron chi connectivity index (χ2n) is 3.35. The van der Waals surface area contributed by atoms with E-state index in [9.17, 15) is 4.79 Å². The van der Waals surface area contributed by atoms with Crippen molar-refractivity contribution < 1.29 is 14.6 Å². The lowest BCUT2D eigenvalue weighted by Crippen LogP contribution is -1.90. The van der Waals surface area contributed by atoms with Gasteiger partial charge in [-0.2, -0.15) is 0 Å². The number of carbonyl (C=O) groups is 1. The van der Waals surface area contributed by atoms with Crippen LogP contribution in [-0.4, -0.2) is 18.2 Å². The third kappa shape index (κ3) is 3.31. The highest BCUT2D eigenvalue weighted by molar-refractivity contribution is 8.02. The van der Waals surface area contributed by atoms with Crippen LogP contribution in [0.3, 0.4) is 0 Å². The first-order chi connectivity index (χ1) is 7.54. The molecule has 0 saturated heterocycles. The number of rotatable bonds is 4. The molecular formula is C12H14O3S. The molecule has 0 radical (unpaired) electrons. The van der Waals surface area contributed by atoms with Crippen molar-refractivity contribution in [3.05, 3.63) is 34.7 Å². The lowest BCUT2D eigenvalue weighted by molar-refractivity contribution is -0.131. The van der Waals surface area contributed by atoms with Crippen LogP contribution in [-0.2, 0) is 4.79 Å². The van der Waals surface area contributed by atoms with E-state index in [-0.39, 0.29) is 0 Å². The smallest absolute Gasteiger partial charge is 0.328 e. The third-order valence-corrected chi connectivity index (χ3v) is 3.06. The van der Waals surface area contributed by atoms with Gasteiger partial charge in [0.15, 0.2) is 0 Å². The standard InChI is InChI=1S/C12H14O3S/c1-8-7-11(16-5-4-12(13)14)9(2)6-10(8)15-3/h4-7H,1-3H3,(H,13,14)/b5-4+. The quantitative estimate of drug-likeness (QED) is 0.647. The average molecular weight is 238 g/mol. The summed E-state index contributed by atoms with van der Waals surface area (Å²) >= 11 is 1.39. The van der Waals surface area contributed by atoms with Crippen LogP contribution in [0.5, 0.6) is 5.75 Å². The number of carboxylic acid groups (broad SMARTS) is 1. The number of ether oxygens (including phenoxy) is 1. The SMILES string of the molecule is COc1cc(C)c(S/C=C/C(=O)O)cc1C. The number of hydrogen-bond donors (Lipinski definition) is 1. The van der Waals surface area contributed by atoms with Crippen molar-refractivity contribution in [1.29, 1.82) is 0 Å². The number of aryl methyl sites for hydroxylation is 2. The van der Waals surface area contributed by atoms with Crippen molar-refractivity contribution in [1.82, 2.24) is 0 Å². The van der Waals surface area contributed by atoms with Gasteiger partial charge in [-0.3, -0.25) is 0 Å². The summed E-state index contributed by atoms with van der Waals surface area (Å²) in [6, 6.07) is 3.94. The number of carboxylic acids is 1. The molecule has 0 amide bonds. The summed E-state index contributed by atoms with van der Waals surface area (Å²) in [6.45, 7) is 3.93. The Hall–Kier alpha value is -1.42. The second-order valence-corrected chi connectivity index (χ2v) is 4.29. The Bertz CT molecular complexity index is 425. The van der Waals surface area contributed by atoms with Crippen LogP contribution in [0.4, 0.5) is 0 Å². The predicted molar refractivity (Wildman–Crippen MR) is 65.1 cm³/mol. The maximum atomic E-state index is 10.3. The third-order valence-electron chi connectivity index (χ3n) is 2.10. The van der Waals surface area contributed by atoms with Crippen LogP contribution in [0.1, 0.15) is 11.1 Å². The minimum absolute atomic E-state index is 0.851. The molecule has 86 valence electrons. The van der Waals surface area contributed by atoms with Crippen LogP contribution in [0.2, 0.25) is 0 Å². The van der Waals surface area contributed by atoms with Crippen molar-refractivity contribution in [2.24, 2.45) is 0 Å². The molecule has 1 rings (SSSR count). The molecular weight excluding hydrogens is 224 g/mol. The minimum atomic E-state index is -0.935. The highest BCUT2D eigenvalue weighted by Gasteiger charge is 2.04. The predicted octanol–water partition coefficient (Wildman–Crippen LogP) is 3.00. The Balaban J connectivity index is 2.89. The van der Waals surface area contributed by atoms with E-state index in [1.807, 2.05) is 26.0 Å². The lowest BCUT2D eigenvalue weighted by Gasteiger charge is -2.09. The Kier molecular flexibility index (Phi) is 4.43. The van der Waals surface area contributed by atoms with Gasteiger partial charge in [-0.25, -0.2) is 4.79 Å². The number of methoxy groups -OCH3 is 1. The maximum Gasteiger partial charge on any atom is 0.328 e. The van der Waals surface area contributed by atoms with E-state index in [2.05, 4.69) is 0 Å². The Morgan fingerprint density at radius 3 is 2.62 bits per heavy atom. The first kappa shape index (κ1) is 12.6. The molecule has 0 aliphatic rings. The molecule has 0 bridgehead atoms. The lowest BCUT2D eigenvalue weighted by atomic mass is 10.1. The summed E-state index contributed by atoms with van der Waals surface area (Å²) in [5.74, 6) is -0.0838. The summed E-state index contributed by atoms with van der Waals surface area (Å²) in [5, 5.41) is 10.0. The molecule has 0 spiro atoms. The first-order valence-corrected chi connectivity index (χ1v) is 5.64. The summed E-state index contributed by atoms with van der Waals surface area (Å²) < 4.78 is 5.20. The molecule has 0 fully saturated rings. The van der Waals surface area contributed by atoms with Gasteiger partial charge in [-0.1, -0.05) is 11.8 Å². The van der Waals surface area contributed by atoms with Gasteiger partial charge in [0.2, 0.25) is 0 Å². The molecule has 0 saturated carbocycles. The molecule has 0 atom stereocenters. The molecule has 4 heteroatoms. The Labute approximate surface area is 99.1 Å². The molecule has 1 aromatic rings. The topological polar surface area (TPSA) is 46.5 Å². The first-order valence-electron chi connectivity index (χ1n) is 4.76. The summed E-state index contributed by atoms with van der Waals surface area (Å²) in [6.07, 6.45) is 1.13. The van der Waals surface area contributed by atoms with Gasteiger partial charge < -0.3 is 9.84 Å². The van der Waals surface area contributed by atoms with E-state index in [0.717, 1.165) is 27.8 Å². The second kappa shape index (κ2) is 5.61. The van der Waals surface area contributed by atoms with Crippen LogP contribution < -0.4 is 4.74 Å². The Morgan fingerprint density at radius 2 is 2.06 bits per heavy atom. The van der Waals surface area contributed by atoms with Gasteiger partial charge in [0, 0.05) is 11.0 Å². The van der Waals surface area contributed by atoms with E-state index in [1.165, 1.54) is 11.8 Å². The van der Waals surface area contributed by atoms with Crippen molar-refractivity contribution in [2.45, 2.75) is 18.7 Å². The normalized spacial score (nSPS) is 10.7. The van der Waals surface area contributed by atoms with Crippen LogP contribution in [0.15, 0.2) is 28.5 Å². The van der Waals surface area contributed by atoms with Gasteiger partial charge in [-0.05, 0) is 42.5 Å². The summed E-state index contributed by atoms with van der Waals surface area (Å²) in [4.78, 5) is 11.4. The molecule has 0 aliphatic heterocycles. The number of thioether (sulfide) groups is 1. The fourth-order valence-corrected chi connectivity index (χ4v) is 2.10. The van der Waals surface area contributed by atoms with Gasteiger partial charge in [-0.15, -0.1) is 0 Å². The monoisotopic (exact) mass is 238 g/mol. The van der Waals surface area contributed by atoms with E-state index in [0.29, 0.717) is 0 Å². The fraction of sp³-hybridized carbons (Fsp3) is 0.250. The van der Waals surface area contributed by atoms with E-state index < -0.39 is 5.97 Å². The summed E-state index contributed by atoms with van der Waals surface area (Å²) in [5.41, 5.74) is 2.11. The molecule has 1 N–H and O–H groups in total. The van der Waals surface area contributed by atoms with Crippen LogP contribution in [0, 0.1) is 13.8 Å². The van der Waals surface area contributed by atoms with Crippen molar-refractivity contribution in [2.75, 3.05) is 7.11 Å².